The van der Waals surface area contributed by atoms with Crippen molar-refractivity contribution in [2.24, 2.45) is 0 Å². The number of nitrogens with zero attached hydrogens (tertiary/aromatic N) is 2. The van der Waals surface area contributed by atoms with E-state index < -0.39 is 5.41 Å². The van der Waals surface area contributed by atoms with Gasteiger partial charge in [0.25, 0.3) is 0 Å². The Kier molecular flexibility index (Phi) is 5.31. The lowest BCUT2D eigenvalue weighted by Gasteiger charge is -2.37. The van der Waals surface area contributed by atoms with Crippen LogP contribution in [0, 0.1) is 0 Å². The van der Waals surface area contributed by atoms with Crippen molar-refractivity contribution in [1.29, 1.82) is 0 Å². The summed E-state index contributed by atoms with van der Waals surface area (Å²) in [6.45, 7) is 2.43. The Hall–Kier alpha value is -1.75. The first-order valence-corrected chi connectivity index (χ1v) is 10.6. The van der Waals surface area contributed by atoms with Gasteiger partial charge in [-0.3, -0.25) is 4.79 Å². The van der Waals surface area contributed by atoms with E-state index in [-0.39, 0.29) is 11.9 Å². The van der Waals surface area contributed by atoms with Crippen LogP contribution >= 0.6 is 11.6 Å². The van der Waals surface area contributed by atoms with E-state index in [0.717, 1.165) is 31.2 Å². The zero-order chi connectivity index (χ0) is 18.9. The fourth-order valence-electron chi connectivity index (χ4n) is 4.47. The molecule has 146 valence electrons. The second-order valence-electron chi connectivity index (χ2n) is 8.16. The fourth-order valence-corrected chi connectivity index (χ4v) is 4.66. The largest absolute Gasteiger partial charge is 0.338 e. The molecule has 27 heavy (non-hydrogen) atoms. The minimum Gasteiger partial charge on any atom is -0.338 e. The van der Waals surface area contributed by atoms with E-state index in [1.54, 1.807) is 0 Å². The molecule has 5 nitrogen and oxygen atoms in total. The number of benzene rings is 1. The molecule has 1 N–H and O–H groups in total. The van der Waals surface area contributed by atoms with Crippen molar-refractivity contribution in [3.8, 4) is 0 Å². The first-order chi connectivity index (χ1) is 13.1. The van der Waals surface area contributed by atoms with Crippen LogP contribution in [0.25, 0.3) is 0 Å². The molecule has 0 spiro atoms. The lowest BCUT2D eigenvalue weighted by atomic mass is 9.94. The molecule has 3 amide bonds. The van der Waals surface area contributed by atoms with Crippen LogP contribution in [0.1, 0.15) is 50.5 Å². The van der Waals surface area contributed by atoms with Crippen molar-refractivity contribution in [3.63, 3.8) is 0 Å². The van der Waals surface area contributed by atoms with Crippen molar-refractivity contribution >= 4 is 23.5 Å². The third kappa shape index (κ3) is 3.93. The van der Waals surface area contributed by atoms with Gasteiger partial charge < -0.3 is 15.1 Å². The molecule has 0 radical (unpaired) electrons. The van der Waals surface area contributed by atoms with E-state index in [0.29, 0.717) is 37.2 Å². The van der Waals surface area contributed by atoms with E-state index in [1.165, 1.54) is 19.3 Å². The van der Waals surface area contributed by atoms with Gasteiger partial charge in [0.05, 0.1) is 5.41 Å². The maximum absolute atomic E-state index is 13.2. The van der Waals surface area contributed by atoms with Crippen molar-refractivity contribution in [1.82, 2.24) is 15.1 Å². The molecule has 0 bridgehead atoms. The molecule has 1 aromatic carbocycles. The lowest BCUT2D eigenvalue weighted by molar-refractivity contribution is -0.135. The van der Waals surface area contributed by atoms with E-state index >= 15 is 0 Å². The topological polar surface area (TPSA) is 52.7 Å². The molecule has 2 saturated carbocycles. The minimum absolute atomic E-state index is 0.0324. The summed E-state index contributed by atoms with van der Waals surface area (Å²) in [6, 6.07) is 8.03. The Morgan fingerprint density at radius 2 is 1.67 bits per heavy atom. The smallest absolute Gasteiger partial charge is 0.317 e. The van der Waals surface area contributed by atoms with Gasteiger partial charge in [-0.1, -0.05) is 43.0 Å². The zero-order valence-corrected chi connectivity index (χ0v) is 16.5. The molecule has 1 aromatic rings. The van der Waals surface area contributed by atoms with Crippen LogP contribution in [0.5, 0.6) is 0 Å². The summed E-state index contributed by atoms with van der Waals surface area (Å²) in [6.07, 6.45) is 7.64. The third-order valence-electron chi connectivity index (χ3n) is 6.32. The van der Waals surface area contributed by atoms with E-state index in [9.17, 15) is 9.59 Å². The predicted molar refractivity (Wildman–Crippen MR) is 106 cm³/mol. The number of carbonyl (C=O) groups is 2. The predicted octanol–water partition coefficient (Wildman–Crippen LogP) is 3.56. The van der Waals surface area contributed by atoms with Gasteiger partial charge in [0.1, 0.15) is 0 Å². The maximum atomic E-state index is 13.2. The van der Waals surface area contributed by atoms with Gasteiger partial charge in [0.2, 0.25) is 5.91 Å². The molecule has 3 aliphatic rings. The Bertz CT molecular complexity index is 705. The van der Waals surface area contributed by atoms with Crippen molar-refractivity contribution in [3.05, 3.63) is 34.9 Å². The standard InChI is InChI=1S/C21H28ClN3O2/c22-17-6-4-5-16(15-17)21(9-10-21)19(26)24-11-13-25(14-12-24)20(27)23-18-7-2-1-3-8-18/h4-6,15,18H,1-3,7-14H2,(H,23,27). The molecule has 0 aromatic heterocycles. The summed E-state index contributed by atoms with van der Waals surface area (Å²) >= 11 is 6.13. The van der Waals surface area contributed by atoms with Gasteiger partial charge in [-0.25, -0.2) is 4.79 Å². The molecule has 3 fully saturated rings. The average Bonchev–Trinajstić information content (AvgIpc) is 3.50. The molecule has 4 rings (SSSR count). The monoisotopic (exact) mass is 389 g/mol. The van der Waals surface area contributed by atoms with E-state index in [1.807, 2.05) is 34.1 Å². The highest BCUT2D eigenvalue weighted by atomic mass is 35.5. The number of piperazine rings is 1. The minimum atomic E-state index is -0.391. The van der Waals surface area contributed by atoms with E-state index in [2.05, 4.69) is 5.32 Å². The van der Waals surface area contributed by atoms with Crippen LogP contribution in [-0.2, 0) is 10.2 Å². The summed E-state index contributed by atoms with van der Waals surface area (Å²) < 4.78 is 0. The number of rotatable bonds is 3. The van der Waals surface area contributed by atoms with Crippen molar-refractivity contribution in [2.75, 3.05) is 26.2 Å². The number of amides is 3. The lowest BCUT2D eigenvalue weighted by Crippen LogP contribution is -2.56. The molecular formula is C21H28ClN3O2. The van der Waals surface area contributed by atoms with Gasteiger partial charge in [-0.2, -0.15) is 0 Å². The molecule has 6 heteroatoms. The Balaban J connectivity index is 1.32. The second kappa shape index (κ2) is 7.70. The highest BCUT2D eigenvalue weighted by molar-refractivity contribution is 6.30. The summed E-state index contributed by atoms with van der Waals surface area (Å²) in [5, 5.41) is 3.85. The number of urea groups is 1. The highest BCUT2D eigenvalue weighted by Gasteiger charge is 2.53. The van der Waals surface area contributed by atoms with Crippen LogP contribution in [0.2, 0.25) is 5.02 Å². The average molecular weight is 390 g/mol. The molecule has 0 atom stereocenters. The van der Waals surface area contributed by atoms with Crippen LogP contribution < -0.4 is 5.32 Å². The molecular weight excluding hydrogens is 362 g/mol. The summed E-state index contributed by atoms with van der Waals surface area (Å²) in [7, 11) is 0. The Labute approximate surface area is 166 Å². The Morgan fingerprint density at radius 1 is 1.00 bits per heavy atom. The molecule has 1 aliphatic heterocycles. The van der Waals surface area contributed by atoms with Gasteiger partial charge >= 0.3 is 6.03 Å². The maximum Gasteiger partial charge on any atom is 0.317 e. The fraction of sp³-hybridized carbons (Fsp3) is 0.619. The normalized spacial score (nSPS) is 22.4. The zero-order valence-electron chi connectivity index (χ0n) is 15.8. The van der Waals surface area contributed by atoms with E-state index in [4.69, 9.17) is 11.6 Å². The van der Waals surface area contributed by atoms with Gasteiger partial charge in [0, 0.05) is 37.2 Å². The quantitative estimate of drug-likeness (QED) is 0.859. The van der Waals surface area contributed by atoms with Crippen LogP contribution in [0.4, 0.5) is 4.79 Å². The van der Waals surface area contributed by atoms with Crippen LogP contribution in [0.15, 0.2) is 24.3 Å². The van der Waals surface area contributed by atoms with Gasteiger partial charge in [-0.15, -0.1) is 0 Å². The van der Waals surface area contributed by atoms with Gasteiger partial charge in [-0.05, 0) is 43.4 Å². The van der Waals surface area contributed by atoms with Crippen molar-refractivity contribution in [2.45, 2.75) is 56.4 Å². The number of hydrogen-bond donors (Lipinski definition) is 1. The summed E-state index contributed by atoms with van der Waals surface area (Å²) in [5.41, 5.74) is 0.634. The molecule has 2 aliphatic carbocycles. The number of nitrogens with one attached hydrogen (secondary N) is 1. The molecule has 1 saturated heterocycles. The first-order valence-electron chi connectivity index (χ1n) is 10.2. The highest BCUT2D eigenvalue weighted by Crippen LogP contribution is 2.50. The van der Waals surface area contributed by atoms with Crippen molar-refractivity contribution < 1.29 is 9.59 Å². The SMILES string of the molecule is O=C(NC1CCCCC1)N1CCN(C(=O)C2(c3cccc(Cl)c3)CC2)CC1. The number of halogens is 1. The Morgan fingerprint density at radius 3 is 2.30 bits per heavy atom. The molecule has 1 heterocycles. The van der Waals surface area contributed by atoms with Gasteiger partial charge in [0.15, 0.2) is 0 Å². The second-order valence-corrected chi connectivity index (χ2v) is 8.59. The number of carbonyl (C=O) groups excluding carboxylic acids is 2. The number of hydrogen-bond acceptors (Lipinski definition) is 2. The first kappa shape index (κ1) is 18.6. The third-order valence-corrected chi connectivity index (χ3v) is 6.56. The van der Waals surface area contributed by atoms with Crippen LogP contribution in [0.3, 0.4) is 0 Å². The summed E-state index contributed by atoms with van der Waals surface area (Å²) in [4.78, 5) is 29.4. The van der Waals surface area contributed by atoms with Crippen LogP contribution in [-0.4, -0.2) is 54.0 Å². The molecule has 0 unspecified atom stereocenters. The summed E-state index contributed by atoms with van der Waals surface area (Å²) in [5.74, 6) is 0.192.